The second kappa shape index (κ2) is 10.2. The van der Waals surface area contributed by atoms with Gasteiger partial charge in [-0.15, -0.1) is 0 Å². The van der Waals surface area contributed by atoms with Gasteiger partial charge in [-0.25, -0.2) is 13.1 Å². The first kappa shape index (κ1) is 21.9. The summed E-state index contributed by atoms with van der Waals surface area (Å²) in [5.41, 5.74) is 0.476. The maximum atomic E-state index is 12.3. The molecular weight excluding hydrogens is 362 g/mol. The summed E-state index contributed by atoms with van der Waals surface area (Å²) >= 11 is 0. The number of nitrogens with zero attached hydrogens (tertiary/aromatic N) is 1. The Morgan fingerprint density at radius 1 is 1.26 bits per heavy atom. The molecule has 1 aromatic rings. The van der Waals surface area contributed by atoms with E-state index in [2.05, 4.69) is 21.9 Å². The monoisotopic (exact) mass is 395 g/mol. The van der Waals surface area contributed by atoms with Crippen molar-refractivity contribution in [3.8, 4) is 0 Å². The number of hydrogen-bond donors (Lipinski definition) is 2. The van der Waals surface area contributed by atoms with Crippen LogP contribution in [0.3, 0.4) is 0 Å². The number of nitrogens with one attached hydrogen (secondary N) is 2. The second-order valence-corrected chi connectivity index (χ2v) is 9.16. The summed E-state index contributed by atoms with van der Waals surface area (Å²) in [6.45, 7) is 8.79. The van der Waals surface area contributed by atoms with Crippen LogP contribution in [0.1, 0.15) is 63.2 Å². The minimum atomic E-state index is -3.54. The van der Waals surface area contributed by atoms with Crippen LogP contribution in [-0.4, -0.2) is 50.9 Å². The van der Waals surface area contributed by atoms with Crippen molar-refractivity contribution in [1.82, 2.24) is 14.9 Å². The number of rotatable bonds is 9. The van der Waals surface area contributed by atoms with Gasteiger partial charge < -0.3 is 10.2 Å². The van der Waals surface area contributed by atoms with Crippen LogP contribution >= 0.6 is 0 Å². The number of carbonyl (C=O) groups excluding carboxylic acids is 1. The fourth-order valence-corrected chi connectivity index (χ4v) is 4.60. The Labute approximate surface area is 163 Å². The molecule has 6 nitrogen and oxygen atoms in total. The molecule has 1 aliphatic rings. The molecule has 1 aromatic carbocycles. The van der Waals surface area contributed by atoms with Crippen molar-refractivity contribution in [3.63, 3.8) is 0 Å². The molecule has 0 saturated carbocycles. The normalized spacial score (nSPS) is 19.6. The van der Waals surface area contributed by atoms with Crippen LogP contribution in [0.4, 0.5) is 0 Å². The number of sulfonamides is 1. The van der Waals surface area contributed by atoms with Gasteiger partial charge in [0.15, 0.2) is 0 Å². The number of likely N-dealkylation sites (tertiary alicyclic amines) is 1. The lowest BCUT2D eigenvalue weighted by Crippen LogP contribution is -2.39. The zero-order valence-corrected chi connectivity index (χ0v) is 17.5. The van der Waals surface area contributed by atoms with Gasteiger partial charge in [-0.3, -0.25) is 4.79 Å². The van der Waals surface area contributed by atoms with Crippen LogP contribution in [0, 0.1) is 0 Å². The second-order valence-electron chi connectivity index (χ2n) is 7.45. The average Bonchev–Trinajstić information content (AvgIpc) is 2.66. The number of piperidine rings is 1. The Morgan fingerprint density at radius 3 is 2.59 bits per heavy atom. The quantitative estimate of drug-likeness (QED) is 0.630. The highest BCUT2D eigenvalue weighted by molar-refractivity contribution is 7.89. The van der Waals surface area contributed by atoms with Crippen molar-refractivity contribution in [2.24, 2.45) is 0 Å². The molecule has 2 N–H and O–H groups in total. The largest absolute Gasteiger partial charge is 0.352 e. The molecule has 1 fully saturated rings. The molecule has 152 valence electrons. The van der Waals surface area contributed by atoms with Crippen molar-refractivity contribution in [3.05, 3.63) is 29.8 Å². The zero-order chi connectivity index (χ0) is 19.9. The highest BCUT2D eigenvalue weighted by Gasteiger charge is 2.18. The lowest BCUT2D eigenvalue weighted by atomic mass is 10.0. The fraction of sp³-hybridized carbons (Fsp3) is 0.650. The number of benzene rings is 1. The molecule has 2 atom stereocenters. The van der Waals surface area contributed by atoms with Crippen LogP contribution in [0.15, 0.2) is 29.2 Å². The van der Waals surface area contributed by atoms with Crippen molar-refractivity contribution in [2.45, 2.75) is 69.9 Å². The Morgan fingerprint density at radius 2 is 1.96 bits per heavy atom. The first-order valence-corrected chi connectivity index (χ1v) is 11.5. The van der Waals surface area contributed by atoms with Gasteiger partial charge in [-0.1, -0.05) is 13.3 Å². The third kappa shape index (κ3) is 6.59. The van der Waals surface area contributed by atoms with Gasteiger partial charge in [0.1, 0.15) is 0 Å². The number of amides is 1. The molecular formula is C20H33N3O3S. The molecule has 1 aliphatic heterocycles. The maximum Gasteiger partial charge on any atom is 0.251 e. The van der Waals surface area contributed by atoms with Gasteiger partial charge in [-0.05, 0) is 70.3 Å². The first-order valence-electron chi connectivity index (χ1n) is 9.98. The van der Waals surface area contributed by atoms with Gasteiger partial charge >= 0.3 is 0 Å². The van der Waals surface area contributed by atoms with Crippen molar-refractivity contribution < 1.29 is 13.2 Å². The first-order chi connectivity index (χ1) is 12.8. The molecule has 0 bridgehead atoms. The van der Waals surface area contributed by atoms with E-state index >= 15 is 0 Å². The third-order valence-corrected chi connectivity index (χ3v) is 6.85. The number of carbonyl (C=O) groups is 1. The van der Waals surface area contributed by atoms with E-state index in [1.807, 2.05) is 13.8 Å². The molecule has 0 aliphatic carbocycles. The predicted octanol–water partition coefficient (Wildman–Crippen LogP) is 2.76. The molecule has 0 aromatic heterocycles. The van der Waals surface area contributed by atoms with E-state index in [-0.39, 0.29) is 16.8 Å². The minimum absolute atomic E-state index is 0.124. The summed E-state index contributed by atoms with van der Waals surface area (Å²) in [5, 5.41) is 2.92. The molecule has 7 heteroatoms. The van der Waals surface area contributed by atoms with E-state index in [1.165, 1.54) is 31.4 Å². The molecule has 1 amide bonds. The van der Waals surface area contributed by atoms with E-state index < -0.39 is 10.0 Å². The number of hydrogen-bond acceptors (Lipinski definition) is 4. The molecule has 2 rings (SSSR count). The van der Waals surface area contributed by atoms with E-state index in [9.17, 15) is 13.2 Å². The Hall–Kier alpha value is -1.44. The standard InChI is InChI=1S/C20H33N3O3S/c1-4-16(2)22-27(25,26)19-11-9-18(10-12-19)20(24)21-13-7-15-23-14-6-5-8-17(23)3/h9-12,16-17,22H,4-8,13-15H2,1-3H3,(H,21,24). The van der Waals surface area contributed by atoms with Gasteiger partial charge in [0, 0.05) is 30.7 Å². The molecule has 2 unspecified atom stereocenters. The van der Waals surface area contributed by atoms with Gasteiger partial charge in [0.2, 0.25) is 10.0 Å². The lowest BCUT2D eigenvalue weighted by Gasteiger charge is -2.33. The Bertz CT molecular complexity index is 704. The molecule has 0 radical (unpaired) electrons. The van der Waals surface area contributed by atoms with E-state index in [1.54, 1.807) is 12.1 Å². The predicted molar refractivity (Wildman–Crippen MR) is 108 cm³/mol. The summed E-state index contributed by atoms with van der Waals surface area (Å²) in [4.78, 5) is 14.9. The maximum absolute atomic E-state index is 12.3. The average molecular weight is 396 g/mol. The Balaban J connectivity index is 1.81. The molecule has 1 heterocycles. The summed E-state index contributed by atoms with van der Waals surface area (Å²) in [5.74, 6) is -0.166. The van der Waals surface area contributed by atoms with Crippen LogP contribution < -0.4 is 10.0 Å². The van der Waals surface area contributed by atoms with E-state index in [0.717, 1.165) is 25.9 Å². The highest BCUT2D eigenvalue weighted by atomic mass is 32.2. The minimum Gasteiger partial charge on any atom is -0.352 e. The SMILES string of the molecule is CCC(C)NS(=O)(=O)c1ccc(C(=O)NCCCN2CCCCC2C)cc1. The van der Waals surface area contributed by atoms with Crippen molar-refractivity contribution in [2.75, 3.05) is 19.6 Å². The summed E-state index contributed by atoms with van der Waals surface area (Å²) in [7, 11) is -3.54. The smallest absolute Gasteiger partial charge is 0.251 e. The zero-order valence-electron chi connectivity index (χ0n) is 16.7. The van der Waals surface area contributed by atoms with Crippen LogP contribution in [0.5, 0.6) is 0 Å². The summed E-state index contributed by atoms with van der Waals surface area (Å²) < 4.78 is 27.1. The van der Waals surface area contributed by atoms with Crippen LogP contribution in [0.2, 0.25) is 0 Å². The van der Waals surface area contributed by atoms with Crippen molar-refractivity contribution >= 4 is 15.9 Å². The van der Waals surface area contributed by atoms with Gasteiger partial charge in [0.05, 0.1) is 4.90 Å². The van der Waals surface area contributed by atoms with Gasteiger partial charge in [0.25, 0.3) is 5.91 Å². The summed E-state index contributed by atoms with van der Waals surface area (Å²) in [6, 6.07) is 6.60. The van der Waals surface area contributed by atoms with E-state index in [4.69, 9.17) is 0 Å². The van der Waals surface area contributed by atoms with E-state index in [0.29, 0.717) is 18.2 Å². The third-order valence-electron chi connectivity index (χ3n) is 5.24. The molecule has 0 spiro atoms. The molecule has 27 heavy (non-hydrogen) atoms. The summed E-state index contributed by atoms with van der Waals surface area (Å²) in [6.07, 6.45) is 5.47. The van der Waals surface area contributed by atoms with Gasteiger partial charge in [-0.2, -0.15) is 0 Å². The van der Waals surface area contributed by atoms with Crippen LogP contribution in [0.25, 0.3) is 0 Å². The molecule has 1 saturated heterocycles. The lowest BCUT2D eigenvalue weighted by molar-refractivity contribution is 0.0948. The topological polar surface area (TPSA) is 78.5 Å². The van der Waals surface area contributed by atoms with Crippen molar-refractivity contribution in [1.29, 1.82) is 0 Å². The fourth-order valence-electron chi connectivity index (χ4n) is 3.28. The highest BCUT2D eigenvalue weighted by Crippen LogP contribution is 2.16. The Kier molecular flexibility index (Phi) is 8.26. The van der Waals surface area contributed by atoms with Crippen LogP contribution in [-0.2, 0) is 10.0 Å².